The first-order valence-electron chi connectivity index (χ1n) is 10.9. The van der Waals surface area contributed by atoms with Gasteiger partial charge in [-0.25, -0.2) is 14.4 Å². The lowest BCUT2D eigenvalue weighted by atomic mass is 10.1. The number of nitrogens with zero attached hydrogens (tertiary/aromatic N) is 5. The number of amides is 1. The molecule has 10 heteroatoms. The van der Waals surface area contributed by atoms with Crippen LogP contribution in [-0.4, -0.2) is 63.9 Å². The number of aromatic nitrogens is 3. The maximum atomic E-state index is 13.5. The summed E-state index contributed by atoms with van der Waals surface area (Å²) in [6.07, 6.45) is 1.69. The summed E-state index contributed by atoms with van der Waals surface area (Å²) < 4.78 is 19.4. The summed E-state index contributed by atoms with van der Waals surface area (Å²) >= 11 is 1.30. The summed E-state index contributed by atoms with van der Waals surface area (Å²) in [7, 11) is 2.09. The molecule has 1 amide bonds. The number of benzene rings is 1. The van der Waals surface area contributed by atoms with Crippen molar-refractivity contribution in [2.45, 2.75) is 6.54 Å². The minimum absolute atomic E-state index is 0.0744. The fourth-order valence-electron chi connectivity index (χ4n) is 3.70. The lowest BCUT2D eigenvalue weighted by molar-refractivity contribution is 0.0989. The summed E-state index contributed by atoms with van der Waals surface area (Å²) in [6.45, 7) is 4.20. The van der Waals surface area contributed by atoms with Gasteiger partial charge < -0.3 is 9.32 Å². The van der Waals surface area contributed by atoms with Gasteiger partial charge in [0, 0.05) is 43.3 Å². The van der Waals surface area contributed by atoms with Gasteiger partial charge in [0.05, 0.1) is 12.2 Å². The summed E-state index contributed by atoms with van der Waals surface area (Å²) in [5.74, 6) is -0.299. The first-order chi connectivity index (χ1) is 16.5. The van der Waals surface area contributed by atoms with Crippen LogP contribution in [0.1, 0.15) is 16.4 Å². The number of halogens is 1. The summed E-state index contributed by atoms with van der Waals surface area (Å²) in [5, 5.41) is 5.06. The third-order valence-corrected chi connectivity index (χ3v) is 6.36. The fourth-order valence-corrected chi connectivity index (χ4v) is 4.40. The van der Waals surface area contributed by atoms with Crippen molar-refractivity contribution >= 4 is 22.4 Å². The van der Waals surface area contributed by atoms with E-state index >= 15 is 0 Å². The predicted molar refractivity (Wildman–Crippen MR) is 128 cm³/mol. The number of oxazole rings is 1. The van der Waals surface area contributed by atoms with Gasteiger partial charge in [0.25, 0.3) is 5.91 Å². The van der Waals surface area contributed by atoms with Gasteiger partial charge >= 0.3 is 0 Å². The Hall–Kier alpha value is -3.47. The van der Waals surface area contributed by atoms with E-state index in [0.29, 0.717) is 34.5 Å². The van der Waals surface area contributed by atoms with E-state index in [1.807, 2.05) is 23.6 Å². The van der Waals surface area contributed by atoms with Gasteiger partial charge in [0.1, 0.15) is 17.2 Å². The molecule has 34 heavy (non-hydrogen) atoms. The van der Waals surface area contributed by atoms with E-state index in [1.54, 1.807) is 18.3 Å². The van der Waals surface area contributed by atoms with E-state index < -0.39 is 5.91 Å². The molecule has 0 atom stereocenters. The molecule has 4 heterocycles. The minimum atomic E-state index is -0.460. The van der Waals surface area contributed by atoms with E-state index in [-0.39, 0.29) is 11.6 Å². The lowest BCUT2D eigenvalue weighted by Crippen LogP contribution is -2.43. The Labute approximate surface area is 200 Å². The topological polar surface area (TPSA) is 87.4 Å². The molecule has 0 spiro atoms. The van der Waals surface area contributed by atoms with Gasteiger partial charge in [-0.2, -0.15) is 0 Å². The van der Waals surface area contributed by atoms with Gasteiger partial charge in [-0.05, 0) is 43.4 Å². The Morgan fingerprint density at radius 3 is 2.62 bits per heavy atom. The van der Waals surface area contributed by atoms with Gasteiger partial charge in [0.2, 0.25) is 11.7 Å². The highest BCUT2D eigenvalue weighted by atomic mass is 32.1. The first kappa shape index (κ1) is 22.3. The molecule has 1 fully saturated rings. The number of likely N-dealkylation sites (N-methyl/N-ethyl adjacent to an activating group) is 1. The number of pyridine rings is 1. The number of carbonyl (C=O) groups is 1. The van der Waals surface area contributed by atoms with Crippen LogP contribution in [0.5, 0.6) is 0 Å². The number of hydrogen-bond donors (Lipinski definition) is 1. The molecule has 3 aromatic heterocycles. The molecular formula is C24H23FN6O2S. The molecule has 1 saturated heterocycles. The molecule has 4 aromatic rings. The molecule has 0 bridgehead atoms. The van der Waals surface area contributed by atoms with Crippen molar-refractivity contribution in [3.63, 3.8) is 0 Å². The van der Waals surface area contributed by atoms with Crippen LogP contribution in [-0.2, 0) is 6.54 Å². The van der Waals surface area contributed by atoms with Crippen molar-refractivity contribution in [3.8, 4) is 22.6 Å². The van der Waals surface area contributed by atoms with Crippen molar-refractivity contribution in [3.05, 3.63) is 71.5 Å². The van der Waals surface area contributed by atoms with E-state index in [2.05, 4.69) is 37.1 Å². The SMILES string of the molecule is CN1CCN(Cc2nc(-c3ccc(F)cc3)c(C(=O)Nc3nc(-c4ccccn4)cs3)o2)CC1. The molecule has 0 radical (unpaired) electrons. The summed E-state index contributed by atoms with van der Waals surface area (Å²) in [6, 6.07) is 11.4. The minimum Gasteiger partial charge on any atom is -0.433 e. The van der Waals surface area contributed by atoms with Crippen LogP contribution in [0.15, 0.2) is 58.5 Å². The zero-order chi connectivity index (χ0) is 23.5. The quantitative estimate of drug-likeness (QED) is 0.448. The van der Waals surface area contributed by atoms with Crippen LogP contribution in [0.4, 0.5) is 9.52 Å². The third-order valence-electron chi connectivity index (χ3n) is 5.60. The molecule has 1 aromatic carbocycles. The first-order valence-corrected chi connectivity index (χ1v) is 11.8. The number of thiazole rings is 1. The Bertz CT molecular complexity index is 1270. The molecule has 5 rings (SSSR count). The van der Waals surface area contributed by atoms with Crippen LogP contribution >= 0.6 is 11.3 Å². The van der Waals surface area contributed by atoms with Crippen molar-refractivity contribution in [1.82, 2.24) is 24.8 Å². The standard InChI is InChI=1S/C24H23FN6O2S/c1-30-10-12-31(13-11-30)14-20-28-21(16-5-7-17(25)8-6-16)22(33-20)23(32)29-24-27-19(15-34-24)18-4-2-3-9-26-18/h2-9,15H,10-14H2,1H3,(H,27,29,32). The molecule has 1 aliphatic heterocycles. The van der Waals surface area contributed by atoms with Gasteiger partial charge in [-0.3, -0.25) is 20.0 Å². The number of rotatable bonds is 6. The second-order valence-electron chi connectivity index (χ2n) is 8.08. The van der Waals surface area contributed by atoms with E-state index in [1.165, 1.54) is 23.5 Å². The second kappa shape index (κ2) is 9.80. The van der Waals surface area contributed by atoms with Crippen LogP contribution in [0, 0.1) is 5.82 Å². The fraction of sp³-hybridized carbons (Fsp3) is 0.250. The van der Waals surface area contributed by atoms with Crippen molar-refractivity contribution in [2.75, 3.05) is 38.5 Å². The van der Waals surface area contributed by atoms with Gasteiger partial charge in [0.15, 0.2) is 5.13 Å². The average Bonchev–Trinajstić information content (AvgIpc) is 3.49. The Balaban J connectivity index is 1.39. The van der Waals surface area contributed by atoms with Crippen molar-refractivity contribution in [2.24, 2.45) is 0 Å². The summed E-state index contributed by atoms with van der Waals surface area (Å²) in [4.78, 5) is 31.0. The molecule has 1 aliphatic rings. The number of anilines is 1. The number of piperazine rings is 1. The maximum absolute atomic E-state index is 13.5. The molecular weight excluding hydrogens is 455 g/mol. The highest BCUT2D eigenvalue weighted by molar-refractivity contribution is 7.14. The molecule has 0 unspecified atom stereocenters. The zero-order valence-corrected chi connectivity index (χ0v) is 19.4. The number of nitrogens with one attached hydrogen (secondary N) is 1. The van der Waals surface area contributed by atoms with Gasteiger partial charge in [-0.15, -0.1) is 11.3 Å². The van der Waals surface area contributed by atoms with E-state index in [0.717, 1.165) is 31.9 Å². The van der Waals surface area contributed by atoms with E-state index in [4.69, 9.17) is 4.42 Å². The smallest absolute Gasteiger partial charge is 0.295 e. The maximum Gasteiger partial charge on any atom is 0.295 e. The highest BCUT2D eigenvalue weighted by Crippen LogP contribution is 2.28. The normalized spacial score (nSPS) is 14.9. The van der Waals surface area contributed by atoms with Crippen molar-refractivity contribution in [1.29, 1.82) is 0 Å². The van der Waals surface area contributed by atoms with Crippen LogP contribution in [0.2, 0.25) is 0 Å². The largest absolute Gasteiger partial charge is 0.433 e. The van der Waals surface area contributed by atoms with Crippen LogP contribution in [0.3, 0.4) is 0 Å². The number of hydrogen-bond acceptors (Lipinski definition) is 8. The molecule has 8 nitrogen and oxygen atoms in total. The Kier molecular flexibility index (Phi) is 6.43. The van der Waals surface area contributed by atoms with Crippen LogP contribution < -0.4 is 5.32 Å². The predicted octanol–water partition coefficient (Wildman–Crippen LogP) is 4.00. The highest BCUT2D eigenvalue weighted by Gasteiger charge is 2.25. The Morgan fingerprint density at radius 1 is 1.09 bits per heavy atom. The monoisotopic (exact) mass is 478 g/mol. The second-order valence-corrected chi connectivity index (χ2v) is 8.94. The molecule has 0 aliphatic carbocycles. The average molecular weight is 479 g/mol. The Morgan fingerprint density at radius 2 is 1.88 bits per heavy atom. The van der Waals surface area contributed by atoms with Crippen LogP contribution in [0.25, 0.3) is 22.6 Å². The summed E-state index contributed by atoms with van der Waals surface area (Å²) in [5.41, 5.74) is 2.38. The zero-order valence-electron chi connectivity index (χ0n) is 18.6. The third kappa shape index (κ3) is 5.04. The lowest BCUT2D eigenvalue weighted by Gasteiger charge is -2.31. The van der Waals surface area contributed by atoms with E-state index in [9.17, 15) is 9.18 Å². The number of carbonyl (C=O) groups excluding carboxylic acids is 1. The molecule has 174 valence electrons. The van der Waals surface area contributed by atoms with Crippen molar-refractivity contribution < 1.29 is 13.6 Å². The molecule has 0 saturated carbocycles. The van der Waals surface area contributed by atoms with Gasteiger partial charge in [-0.1, -0.05) is 6.07 Å². The molecule has 1 N–H and O–H groups in total.